The minimum Gasteiger partial charge on any atom is -0.390 e. The molecule has 2 nitrogen and oxygen atoms in total. The van der Waals surface area contributed by atoms with E-state index < -0.39 is 30.7 Å². The number of rotatable bonds is 3. The summed E-state index contributed by atoms with van der Waals surface area (Å²) >= 11 is 0. The maximum Gasteiger partial charge on any atom is 0.389 e. The SMILES string of the molecule is OC(CCC(F)(F)F)C1(O)CCCCC1. The van der Waals surface area contributed by atoms with Crippen molar-refractivity contribution >= 4 is 0 Å². The zero-order valence-corrected chi connectivity index (χ0v) is 8.56. The standard InChI is InChI=1S/C10H17F3O2/c11-10(12,13)7-4-8(14)9(15)5-2-1-3-6-9/h8,14-15H,1-7H2. The van der Waals surface area contributed by atoms with Crippen molar-refractivity contribution in [2.24, 2.45) is 0 Å². The molecule has 15 heavy (non-hydrogen) atoms. The van der Waals surface area contributed by atoms with E-state index >= 15 is 0 Å². The molecule has 1 atom stereocenters. The number of aliphatic hydroxyl groups excluding tert-OH is 1. The smallest absolute Gasteiger partial charge is 0.389 e. The Hall–Kier alpha value is -0.290. The van der Waals surface area contributed by atoms with Gasteiger partial charge in [-0.25, -0.2) is 0 Å². The van der Waals surface area contributed by atoms with Crippen LogP contribution in [-0.2, 0) is 0 Å². The molecule has 0 aromatic carbocycles. The highest BCUT2D eigenvalue weighted by Crippen LogP contribution is 2.34. The van der Waals surface area contributed by atoms with Gasteiger partial charge in [-0.1, -0.05) is 19.3 Å². The molecule has 0 aliphatic heterocycles. The molecule has 1 aliphatic carbocycles. The molecule has 0 aromatic rings. The molecule has 90 valence electrons. The van der Waals surface area contributed by atoms with Crippen molar-refractivity contribution in [3.63, 3.8) is 0 Å². The fraction of sp³-hybridized carbons (Fsp3) is 1.00. The predicted octanol–water partition coefficient (Wildman–Crippen LogP) is 2.39. The van der Waals surface area contributed by atoms with Gasteiger partial charge in [-0.2, -0.15) is 13.2 Å². The summed E-state index contributed by atoms with van der Waals surface area (Å²) in [6, 6.07) is 0. The van der Waals surface area contributed by atoms with Gasteiger partial charge < -0.3 is 10.2 Å². The van der Waals surface area contributed by atoms with E-state index in [1.165, 1.54) is 0 Å². The summed E-state index contributed by atoms with van der Waals surface area (Å²) in [7, 11) is 0. The Balaban J connectivity index is 2.41. The number of hydrogen-bond donors (Lipinski definition) is 2. The van der Waals surface area contributed by atoms with Gasteiger partial charge in [0, 0.05) is 6.42 Å². The first-order chi connectivity index (χ1) is 6.83. The Morgan fingerprint density at radius 2 is 1.67 bits per heavy atom. The van der Waals surface area contributed by atoms with Crippen LogP contribution in [0.25, 0.3) is 0 Å². The molecule has 0 amide bonds. The maximum atomic E-state index is 11.9. The van der Waals surface area contributed by atoms with Crippen LogP contribution >= 0.6 is 0 Å². The van der Waals surface area contributed by atoms with Crippen LogP contribution in [0.4, 0.5) is 13.2 Å². The number of aliphatic hydroxyl groups is 2. The summed E-state index contributed by atoms with van der Waals surface area (Å²) in [6.45, 7) is 0. The molecule has 1 saturated carbocycles. The van der Waals surface area contributed by atoms with Gasteiger partial charge in [0.1, 0.15) is 0 Å². The first-order valence-corrected chi connectivity index (χ1v) is 5.31. The summed E-state index contributed by atoms with van der Waals surface area (Å²) in [5, 5.41) is 19.5. The molecule has 2 N–H and O–H groups in total. The molecule has 0 heterocycles. The van der Waals surface area contributed by atoms with Crippen LogP contribution in [0.5, 0.6) is 0 Å². The Labute approximate surface area is 87.1 Å². The Bertz CT molecular complexity index is 197. The van der Waals surface area contributed by atoms with Gasteiger partial charge in [0.2, 0.25) is 0 Å². The largest absolute Gasteiger partial charge is 0.390 e. The van der Waals surface area contributed by atoms with Crippen LogP contribution in [0.3, 0.4) is 0 Å². The van der Waals surface area contributed by atoms with Crippen molar-refractivity contribution < 1.29 is 23.4 Å². The Morgan fingerprint density at radius 1 is 1.13 bits per heavy atom. The van der Waals surface area contributed by atoms with Gasteiger partial charge in [-0.05, 0) is 19.3 Å². The molecule has 0 spiro atoms. The van der Waals surface area contributed by atoms with Gasteiger partial charge in [0.05, 0.1) is 11.7 Å². The highest BCUT2D eigenvalue weighted by molar-refractivity contribution is 4.89. The van der Waals surface area contributed by atoms with E-state index in [1.807, 2.05) is 0 Å². The van der Waals surface area contributed by atoms with Crippen LogP contribution in [-0.4, -0.2) is 28.1 Å². The molecule has 5 heteroatoms. The molecule has 1 unspecified atom stereocenters. The molecule has 1 aliphatic rings. The normalized spacial score (nSPS) is 23.8. The van der Waals surface area contributed by atoms with E-state index in [0.717, 1.165) is 19.3 Å². The fourth-order valence-corrected chi connectivity index (χ4v) is 2.07. The zero-order chi connectivity index (χ0) is 11.5. The summed E-state index contributed by atoms with van der Waals surface area (Å²) in [5.41, 5.74) is -1.29. The molecule has 1 fully saturated rings. The third-order valence-electron chi connectivity index (χ3n) is 3.04. The predicted molar refractivity (Wildman–Crippen MR) is 49.3 cm³/mol. The monoisotopic (exact) mass is 226 g/mol. The minimum atomic E-state index is -4.26. The van der Waals surface area contributed by atoms with E-state index in [-0.39, 0.29) is 0 Å². The topological polar surface area (TPSA) is 40.5 Å². The highest BCUT2D eigenvalue weighted by atomic mass is 19.4. The minimum absolute atomic E-state index is 0.403. The van der Waals surface area contributed by atoms with Gasteiger partial charge in [0.25, 0.3) is 0 Å². The van der Waals surface area contributed by atoms with E-state index in [4.69, 9.17) is 0 Å². The summed E-state index contributed by atoms with van der Waals surface area (Å²) in [4.78, 5) is 0. The number of alkyl halides is 3. The number of halogens is 3. The first kappa shape index (κ1) is 12.8. The second-order valence-electron chi connectivity index (χ2n) is 4.33. The lowest BCUT2D eigenvalue weighted by molar-refractivity contribution is -0.155. The first-order valence-electron chi connectivity index (χ1n) is 5.31. The molecule has 0 bridgehead atoms. The molecule has 0 aromatic heterocycles. The van der Waals surface area contributed by atoms with E-state index in [9.17, 15) is 23.4 Å². The van der Waals surface area contributed by atoms with Crippen molar-refractivity contribution in [3.05, 3.63) is 0 Å². The third kappa shape index (κ3) is 3.99. The third-order valence-corrected chi connectivity index (χ3v) is 3.04. The summed E-state index contributed by atoms with van der Waals surface area (Å²) in [5.74, 6) is 0. The van der Waals surface area contributed by atoms with Crippen molar-refractivity contribution in [2.75, 3.05) is 0 Å². The summed E-state index contributed by atoms with van der Waals surface area (Å²) in [6.07, 6.45) is -3.59. The second-order valence-corrected chi connectivity index (χ2v) is 4.33. The molecule has 0 saturated heterocycles. The zero-order valence-electron chi connectivity index (χ0n) is 8.56. The highest BCUT2D eigenvalue weighted by Gasteiger charge is 2.39. The number of hydrogen-bond acceptors (Lipinski definition) is 2. The van der Waals surface area contributed by atoms with Gasteiger partial charge in [-0.15, -0.1) is 0 Å². The Kier molecular flexibility index (Phi) is 4.00. The van der Waals surface area contributed by atoms with Crippen molar-refractivity contribution in [1.29, 1.82) is 0 Å². The average molecular weight is 226 g/mol. The summed E-state index contributed by atoms with van der Waals surface area (Å²) < 4.78 is 35.7. The maximum absolute atomic E-state index is 11.9. The van der Waals surface area contributed by atoms with Crippen molar-refractivity contribution in [3.8, 4) is 0 Å². The van der Waals surface area contributed by atoms with E-state index in [0.29, 0.717) is 12.8 Å². The average Bonchev–Trinajstić information content (AvgIpc) is 2.14. The Morgan fingerprint density at radius 3 is 2.13 bits per heavy atom. The molecule has 0 radical (unpaired) electrons. The van der Waals surface area contributed by atoms with Crippen molar-refractivity contribution in [1.82, 2.24) is 0 Å². The van der Waals surface area contributed by atoms with Gasteiger partial charge in [-0.3, -0.25) is 0 Å². The van der Waals surface area contributed by atoms with E-state index in [1.54, 1.807) is 0 Å². The second kappa shape index (κ2) is 4.70. The van der Waals surface area contributed by atoms with E-state index in [2.05, 4.69) is 0 Å². The van der Waals surface area contributed by atoms with Crippen LogP contribution in [0.15, 0.2) is 0 Å². The van der Waals surface area contributed by atoms with Crippen LogP contribution in [0, 0.1) is 0 Å². The fourth-order valence-electron chi connectivity index (χ4n) is 2.07. The van der Waals surface area contributed by atoms with Crippen LogP contribution < -0.4 is 0 Å². The van der Waals surface area contributed by atoms with Crippen molar-refractivity contribution in [2.45, 2.75) is 62.8 Å². The molecule has 1 rings (SSSR count). The molecular formula is C10H17F3O2. The van der Waals surface area contributed by atoms with Gasteiger partial charge in [0.15, 0.2) is 0 Å². The van der Waals surface area contributed by atoms with Gasteiger partial charge >= 0.3 is 6.18 Å². The lowest BCUT2D eigenvalue weighted by Gasteiger charge is -2.36. The molecular weight excluding hydrogens is 209 g/mol. The lowest BCUT2D eigenvalue weighted by atomic mass is 9.79. The van der Waals surface area contributed by atoms with Crippen LogP contribution in [0.2, 0.25) is 0 Å². The lowest BCUT2D eigenvalue weighted by Crippen LogP contribution is -2.44. The quantitative estimate of drug-likeness (QED) is 0.775. The van der Waals surface area contributed by atoms with Crippen LogP contribution in [0.1, 0.15) is 44.9 Å².